The largest absolute Gasteiger partial charge is 0.481 e. The van der Waals surface area contributed by atoms with E-state index in [2.05, 4.69) is 24.8 Å². The highest BCUT2D eigenvalue weighted by Gasteiger charge is 1.92. The summed E-state index contributed by atoms with van der Waals surface area (Å²) in [6.45, 7) is 2.27. The van der Waals surface area contributed by atoms with Gasteiger partial charge in [-0.05, 0) is 37.8 Å². The van der Waals surface area contributed by atoms with Gasteiger partial charge in [-0.25, -0.2) is 0 Å². The summed E-state index contributed by atoms with van der Waals surface area (Å²) in [5, 5.41) is 8.48. The monoisotopic (exact) mass is 320 g/mol. The summed E-state index contributed by atoms with van der Waals surface area (Å²) in [7, 11) is 0. The average molecular weight is 321 g/mol. The second-order valence-corrected chi connectivity index (χ2v) is 6.19. The first-order valence-electron chi connectivity index (χ1n) is 9.53. The van der Waals surface area contributed by atoms with Gasteiger partial charge in [-0.15, -0.1) is 5.73 Å². The lowest BCUT2D eigenvalue weighted by molar-refractivity contribution is -0.136. The van der Waals surface area contributed by atoms with E-state index in [0.717, 1.165) is 6.42 Å². The second kappa shape index (κ2) is 18.8. The number of allylic oxidation sites excluding steroid dienone is 3. The number of carboxylic acids is 1. The normalized spacial score (nSPS) is 10.7. The van der Waals surface area contributed by atoms with Crippen LogP contribution in [0.15, 0.2) is 30.0 Å². The third kappa shape index (κ3) is 20.7. The molecular formula is C21H36O2. The van der Waals surface area contributed by atoms with Crippen LogP contribution in [0.4, 0.5) is 0 Å². The molecule has 0 unspecified atom stereocenters. The minimum Gasteiger partial charge on any atom is -0.481 e. The van der Waals surface area contributed by atoms with Crippen LogP contribution in [0.5, 0.6) is 0 Å². The Balaban J connectivity index is 3.25. The molecule has 0 saturated heterocycles. The lowest BCUT2D eigenvalue weighted by atomic mass is 10.1. The van der Waals surface area contributed by atoms with Crippen LogP contribution in [0.3, 0.4) is 0 Å². The Morgan fingerprint density at radius 3 is 2.04 bits per heavy atom. The van der Waals surface area contributed by atoms with Gasteiger partial charge in [0.1, 0.15) is 0 Å². The van der Waals surface area contributed by atoms with Crippen molar-refractivity contribution in [1.82, 2.24) is 0 Å². The topological polar surface area (TPSA) is 37.3 Å². The van der Waals surface area contributed by atoms with Crippen LogP contribution in [0.1, 0.15) is 96.8 Å². The first kappa shape index (κ1) is 21.7. The van der Waals surface area contributed by atoms with Crippen molar-refractivity contribution >= 4 is 5.97 Å². The van der Waals surface area contributed by atoms with Crippen molar-refractivity contribution in [3.63, 3.8) is 0 Å². The third-order valence-electron chi connectivity index (χ3n) is 3.88. The van der Waals surface area contributed by atoms with Gasteiger partial charge in [0.25, 0.3) is 0 Å². The Morgan fingerprint density at radius 2 is 1.43 bits per heavy atom. The van der Waals surface area contributed by atoms with Gasteiger partial charge in [-0.2, -0.15) is 0 Å². The van der Waals surface area contributed by atoms with Gasteiger partial charge in [0.2, 0.25) is 0 Å². The van der Waals surface area contributed by atoms with Gasteiger partial charge in [0, 0.05) is 6.42 Å². The summed E-state index contributed by atoms with van der Waals surface area (Å²) in [5.41, 5.74) is 3.02. The predicted octanol–water partition coefficient (Wildman–Crippen LogP) is 6.82. The molecule has 0 aromatic carbocycles. The molecule has 0 radical (unpaired) electrons. The van der Waals surface area contributed by atoms with E-state index in [1.165, 1.54) is 70.6 Å². The SMILES string of the molecule is CCCCCCCCCCCC/C=C\CC=C=CCCC(=O)O. The van der Waals surface area contributed by atoms with Gasteiger partial charge < -0.3 is 5.11 Å². The molecular weight excluding hydrogens is 284 g/mol. The summed E-state index contributed by atoms with van der Waals surface area (Å²) in [5.74, 6) is -0.751. The Bertz CT molecular complexity index is 349. The van der Waals surface area contributed by atoms with E-state index in [-0.39, 0.29) is 6.42 Å². The van der Waals surface area contributed by atoms with Gasteiger partial charge in [-0.3, -0.25) is 4.79 Å². The number of hydrogen-bond acceptors (Lipinski definition) is 1. The van der Waals surface area contributed by atoms with Gasteiger partial charge in [-0.1, -0.05) is 76.9 Å². The van der Waals surface area contributed by atoms with Crippen molar-refractivity contribution < 1.29 is 9.90 Å². The molecule has 0 aliphatic rings. The highest BCUT2D eigenvalue weighted by Crippen LogP contribution is 2.11. The summed E-state index contributed by atoms with van der Waals surface area (Å²) in [4.78, 5) is 10.3. The van der Waals surface area contributed by atoms with Crippen LogP contribution in [-0.2, 0) is 4.79 Å². The molecule has 2 nitrogen and oxygen atoms in total. The first-order valence-corrected chi connectivity index (χ1v) is 9.53. The molecule has 0 fully saturated rings. The maximum atomic E-state index is 10.3. The summed E-state index contributed by atoms with van der Waals surface area (Å²) in [6, 6.07) is 0. The standard InChI is InChI=1S/C21H36O2/c1-2-3-4-5-6-7-8-9-10-11-12-13-14-15-16-17-18-19-20-21(22)23/h13-14,16,18H,2-12,15,19-20H2,1H3,(H,22,23)/b14-13-. The van der Waals surface area contributed by atoms with E-state index < -0.39 is 5.97 Å². The minimum absolute atomic E-state index is 0.190. The molecule has 0 rings (SSSR count). The number of rotatable bonds is 16. The predicted molar refractivity (Wildman–Crippen MR) is 99.7 cm³/mol. The van der Waals surface area contributed by atoms with Crippen molar-refractivity contribution in [2.75, 3.05) is 0 Å². The van der Waals surface area contributed by atoms with Gasteiger partial charge in [0.15, 0.2) is 0 Å². The molecule has 1 N–H and O–H groups in total. The van der Waals surface area contributed by atoms with E-state index in [9.17, 15) is 4.79 Å². The molecule has 0 aliphatic carbocycles. The molecule has 0 aromatic rings. The fourth-order valence-corrected chi connectivity index (χ4v) is 2.46. The molecule has 23 heavy (non-hydrogen) atoms. The van der Waals surface area contributed by atoms with Crippen molar-refractivity contribution in [2.45, 2.75) is 96.8 Å². The molecule has 0 aliphatic heterocycles. The van der Waals surface area contributed by atoms with E-state index >= 15 is 0 Å². The van der Waals surface area contributed by atoms with Crippen molar-refractivity contribution in [3.8, 4) is 0 Å². The van der Waals surface area contributed by atoms with E-state index in [1.54, 1.807) is 6.08 Å². The number of hydrogen-bond donors (Lipinski definition) is 1. The molecule has 0 aromatic heterocycles. The number of carboxylic acid groups (broad SMARTS) is 1. The Kier molecular flexibility index (Phi) is 17.7. The van der Waals surface area contributed by atoms with Crippen LogP contribution in [0.2, 0.25) is 0 Å². The molecule has 0 amide bonds. The summed E-state index contributed by atoms with van der Waals surface area (Å²) >= 11 is 0. The van der Waals surface area contributed by atoms with Gasteiger partial charge in [0.05, 0.1) is 0 Å². The maximum Gasteiger partial charge on any atom is 0.303 e. The number of aliphatic carboxylic acids is 1. The molecule has 0 heterocycles. The summed E-state index contributed by atoms with van der Waals surface area (Å²) in [6.07, 6.45) is 24.8. The van der Waals surface area contributed by atoms with E-state index in [4.69, 9.17) is 5.11 Å². The lowest BCUT2D eigenvalue weighted by Gasteiger charge is -2.01. The van der Waals surface area contributed by atoms with Crippen LogP contribution in [0.25, 0.3) is 0 Å². The molecule has 2 heteroatoms. The Morgan fingerprint density at radius 1 is 0.826 bits per heavy atom. The fourth-order valence-electron chi connectivity index (χ4n) is 2.46. The zero-order valence-electron chi connectivity index (χ0n) is 15.1. The van der Waals surface area contributed by atoms with E-state index in [0.29, 0.717) is 6.42 Å². The van der Waals surface area contributed by atoms with Gasteiger partial charge >= 0.3 is 5.97 Å². The molecule has 0 spiro atoms. The number of unbranched alkanes of at least 4 members (excludes halogenated alkanes) is 10. The molecule has 0 bridgehead atoms. The Hall–Kier alpha value is -1.27. The second-order valence-electron chi connectivity index (χ2n) is 6.19. The van der Waals surface area contributed by atoms with Crippen LogP contribution >= 0.6 is 0 Å². The molecule has 0 atom stereocenters. The summed E-state index contributed by atoms with van der Waals surface area (Å²) < 4.78 is 0. The zero-order valence-corrected chi connectivity index (χ0v) is 15.1. The lowest BCUT2D eigenvalue weighted by Crippen LogP contribution is -1.91. The highest BCUT2D eigenvalue weighted by molar-refractivity contribution is 5.66. The van der Waals surface area contributed by atoms with Crippen LogP contribution < -0.4 is 0 Å². The third-order valence-corrected chi connectivity index (χ3v) is 3.88. The average Bonchev–Trinajstić information content (AvgIpc) is 2.53. The fraction of sp³-hybridized carbons (Fsp3) is 0.714. The first-order chi connectivity index (χ1) is 11.3. The Labute approximate surface area is 143 Å². The molecule has 0 saturated carbocycles. The van der Waals surface area contributed by atoms with Crippen molar-refractivity contribution in [1.29, 1.82) is 0 Å². The van der Waals surface area contributed by atoms with E-state index in [1.807, 2.05) is 6.08 Å². The highest BCUT2D eigenvalue weighted by atomic mass is 16.4. The van der Waals surface area contributed by atoms with Crippen LogP contribution in [0, 0.1) is 0 Å². The minimum atomic E-state index is -0.751. The zero-order chi connectivity index (χ0) is 17.0. The van der Waals surface area contributed by atoms with Crippen molar-refractivity contribution in [3.05, 3.63) is 30.0 Å². The van der Waals surface area contributed by atoms with Crippen LogP contribution in [-0.4, -0.2) is 11.1 Å². The number of carbonyl (C=O) groups is 1. The smallest absolute Gasteiger partial charge is 0.303 e. The maximum absolute atomic E-state index is 10.3. The van der Waals surface area contributed by atoms with Crippen molar-refractivity contribution in [2.24, 2.45) is 0 Å². The quantitative estimate of drug-likeness (QED) is 0.192. The molecule has 132 valence electrons.